The summed E-state index contributed by atoms with van der Waals surface area (Å²) in [5, 5.41) is 6.92. The molecule has 2 heterocycles. The standard InChI is InChI=1S/C16H21N5O/c1-13(21-12-17-11-19-21)16(22)18-10-14-4-6-15(7-5-14)20-8-2-3-9-20/h4-7,11-13H,2-3,8-10H2,1H3,(H,18,22). The monoisotopic (exact) mass is 299 g/mol. The number of anilines is 1. The van der Waals surface area contributed by atoms with Crippen molar-refractivity contribution in [3.63, 3.8) is 0 Å². The molecular formula is C16H21N5O. The van der Waals surface area contributed by atoms with Crippen LogP contribution in [0.2, 0.25) is 0 Å². The van der Waals surface area contributed by atoms with Gasteiger partial charge in [0.15, 0.2) is 0 Å². The van der Waals surface area contributed by atoms with Crippen molar-refractivity contribution in [2.75, 3.05) is 18.0 Å². The molecule has 1 aliphatic heterocycles. The van der Waals surface area contributed by atoms with E-state index in [0.717, 1.165) is 18.7 Å². The number of hydrogen-bond acceptors (Lipinski definition) is 4. The fraction of sp³-hybridized carbons (Fsp3) is 0.438. The summed E-state index contributed by atoms with van der Waals surface area (Å²) in [6.07, 6.45) is 5.53. The van der Waals surface area contributed by atoms with Crippen molar-refractivity contribution in [2.45, 2.75) is 32.4 Å². The summed E-state index contributed by atoms with van der Waals surface area (Å²) in [5.74, 6) is -0.0610. The van der Waals surface area contributed by atoms with E-state index in [1.54, 1.807) is 17.9 Å². The van der Waals surface area contributed by atoms with E-state index in [1.807, 2.05) is 0 Å². The van der Waals surface area contributed by atoms with Gasteiger partial charge in [-0.3, -0.25) is 4.79 Å². The molecule has 116 valence electrons. The second-order valence-electron chi connectivity index (χ2n) is 5.63. The van der Waals surface area contributed by atoms with E-state index in [1.165, 1.54) is 24.9 Å². The zero-order valence-electron chi connectivity index (χ0n) is 12.8. The number of carbonyl (C=O) groups is 1. The van der Waals surface area contributed by atoms with Crippen LogP contribution in [-0.2, 0) is 11.3 Å². The molecule has 1 fully saturated rings. The number of aromatic nitrogens is 3. The van der Waals surface area contributed by atoms with Gasteiger partial charge in [-0.1, -0.05) is 12.1 Å². The number of carbonyl (C=O) groups excluding carboxylic acids is 1. The molecule has 1 N–H and O–H groups in total. The van der Waals surface area contributed by atoms with Gasteiger partial charge in [-0.2, -0.15) is 5.10 Å². The lowest BCUT2D eigenvalue weighted by Crippen LogP contribution is -2.30. The number of amides is 1. The molecule has 0 aliphatic carbocycles. The van der Waals surface area contributed by atoms with Gasteiger partial charge in [0.05, 0.1) is 0 Å². The molecule has 0 radical (unpaired) electrons. The van der Waals surface area contributed by atoms with Crippen molar-refractivity contribution in [2.24, 2.45) is 0 Å². The molecule has 0 saturated carbocycles. The van der Waals surface area contributed by atoms with Gasteiger partial charge in [0.1, 0.15) is 18.7 Å². The van der Waals surface area contributed by atoms with Crippen LogP contribution in [0.4, 0.5) is 5.69 Å². The lowest BCUT2D eigenvalue weighted by molar-refractivity contribution is -0.124. The molecule has 0 bridgehead atoms. The smallest absolute Gasteiger partial charge is 0.244 e. The molecule has 3 rings (SSSR count). The van der Waals surface area contributed by atoms with Gasteiger partial charge in [-0.05, 0) is 37.5 Å². The summed E-state index contributed by atoms with van der Waals surface area (Å²) >= 11 is 0. The first-order chi connectivity index (χ1) is 10.7. The highest BCUT2D eigenvalue weighted by Crippen LogP contribution is 2.20. The molecular weight excluding hydrogens is 278 g/mol. The maximum absolute atomic E-state index is 12.1. The Bertz CT molecular complexity index is 602. The van der Waals surface area contributed by atoms with Gasteiger partial charge in [0, 0.05) is 25.3 Å². The molecule has 6 nitrogen and oxygen atoms in total. The van der Waals surface area contributed by atoms with Crippen LogP contribution in [-0.4, -0.2) is 33.8 Å². The minimum Gasteiger partial charge on any atom is -0.372 e. The third kappa shape index (κ3) is 3.27. The summed E-state index contributed by atoms with van der Waals surface area (Å²) in [5.41, 5.74) is 2.37. The summed E-state index contributed by atoms with van der Waals surface area (Å²) in [7, 11) is 0. The van der Waals surface area contributed by atoms with Crippen LogP contribution in [0.5, 0.6) is 0 Å². The van der Waals surface area contributed by atoms with E-state index >= 15 is 0 Å². The third-order valence-electron chi connectivity index (χ3n) is 4.09. The molecule has 1 aliphatic rings. The normalized spacial score (nSPS) is 15.8. The van der Waals surface area contributed by atoms with E-state index in [9.17, 15) is 4.79 Å². The maximum atomic E-state index is 12.1. The quantitative estimate of drug-likeness (QED) is 0.913. The van der Waals surface area contributed by atoms with Crippen LogP contribution in [0.1, 0.15) is 31.4 Å². The number of nitrogens with one attached hydrogen (secondary N) is 1. The fourth-order valence-corrected chi connectivity index (χ4v) is 2.67. The number of hydrogen-bond donors (Lipinski definition) is 1. The second kappa shape index (κ2) is 6.60. The lowest BCUT2D eigenvalue weighted by Gasteiger charge is -2.18. The Morgan fingerprint density at radius 2 is 2.00 bits per heavy atom. The second-order valence-corrected chi connectivity index (χ2v) is 5.63. The minimum absolute atomic E-state index is 0.0610. The topological polar surface area (TPSA) is 63.1 Å². The van der Waals surface area contributed by atoms with E-state index in [0.29, 0.717) is 6.54 Å². The molecule has 2 aromatic rings. The lowest BCUT2D eigenvalue weighted by atomic mass is 10.2. The van der Waals surface area contributed by atoms with E-state index in [2.05, 4.69) is 44.6 Å². The molecule has 1 saturated heterocycles. The number of nitrogens with zero attached hydrogens (tertiary/aromatic N) is 4. The molecule has 0 spiro atoms. The van der Waals surface area contributed by atoms with Crippen molar-refractivity contribution >= 4 is 11.6 Å². The summed E-state index contributed by atoms with van der Waals surface area (Å²) in [6, 6.07) is 8.06. The van der Waals surface area contributed by atoms with Gasteiger partial charge in [-0.25, -0.2) is 9.67 Å². The first kappa shape index (κ1) is 14.6. The van der Waals surface area contributed by atoms with E-state index in [-0.39, 0.29) is 11.9 Å². The maximum Gasteiger partial charge on any atom is 0.244 e. The number of benzene rings is 1. The first-order valence-electron chi connectivity index (χ1n) is 7.70. The number of rotatable bonds is 5. The van der Waals surface area contributed by atoms with Crippen LogP contribution in [0, 0.1) is 0 Å². The average Bonchev–Trinajstić information content (AvgIpc) is 3.25. The van der Waals surface area contributed by atoms with Crippen molar-refractivity contribution in [1.82, 2.24) is 20.1 Å². The Morgan fingerprint density at radius 3 is 2.64 bits per heavy atom. The Kier molecular flexibility index (Phi) is 4.37. The summed E-state index contributed by atoms with van der Waals surface area (Å²) in [4.78, 5) is 18.3. The van der Waals surface area contributed by atoms with Crippen molar-refractivity contribution in [3.05, 3.63) is 42.5 Å². The van der Waals surface area contributed by atoms with Crippen LogP contribution in [0.3, 0.4) is 0 Å². The average molecular weight is 299 g/mol. The Labute approximate surface area is 130 Å². The zero-order valence-corrected chi connectivity index (χ0v) is 12.8. The summed E-state index contributed by atoms with van der Waals surface area (Å²) in [6.45, 7) is 4.62. The van der Waals surface area contributed by atoms with Crippen LogP contribution >= 0.6 is 0 Å². The van der Waals surface area contributed by atoms with E-state index in [4.69, 9.17) is 0 Å². The van der Waals surface area contributed by atoms with Gasteiger partial charge in [0.2, 0.25) is 5.91 Å². The first-order valence-corrected chi connectivity index (χ1v) is 7.70. The van der Waals surface area contributed by atoms with Crippen molar-refractivity contribution in [3.8, 4) is 0 Å². The van der Waals surface area contributed by atoms with E-state index < -0.39 is 0 Å². The highest BCUT2D eigenvalue weighted by atomic mass is 16.2. The molecule has 1 atom stereocenters. The van der Waals surface area contributed by atoms with Crippen LogP contribution in [0.15, 0.2) is 36.9 Å². The zero-order chi connectivity index (χ0) is 15.4. The predicted octanol–water partition coefficient (Wildman–Crippen LogP) is 1.76. The van der Waals surface area contributed by atoms with Crippen LogP contribution in [0.25, 0.3) is 0 Å². The Hall–Kier alpha value is -2.37. The van der Waals surface area contributed by atoms with Gasteiger partial charge < -0.3 is 10.2 Å². The third-order valence-corrected chi connectivity index (χ3v) is 4.09. The SMILES string of the molecule is CC(C(=O)NCc1ccc(N2CCCC2)cc1)n1cncn1. The van der Waals surface area contributed by atoms with Crippen molar-refractivity contribution in [1.29, 1.82) is 0 Å². The minimum atomic E-state index is -0.355. The molecule has 1 aromatic carbocycles. The molecule has 22 heavy (non-hydrogen) atoms. The van der Waals surface area contributed by atoms with Crippen LogP contribution < -0.4 is 10.2 Å². The largest absolute Gasteiger partial charge is 0.372 e. The Balaban J connectivity index is 1.53. The van der Waals surface area contributed by atoms with Gasteiger partial charge in [-0.15, -0.1) is 0 Å². The summed E-state index contributed by atoms with van der Waals surface area (Å²) < 4.78 is 1.55. The molecule has 1 amide bonds. The molecule has 1 aromatic heterocycles. The molecule has 1 unspecified atom stereocenters. The highest BCUT2D eigenvalue weighted by molar-refractivity contribution is 5.79. The van der Waals surface area contributed by atoms with Gasteiger partial charge in [0.25, 0.3) is 0 Å². The Morgan fingerprint density at radius 1 is 1.27 bits per heavy atom. The predicted molar refractivity (Wildman–Crippen MR) is 84.5 cm³/mol. The van der Waals surface area contributed by atoms with Gasteiger partial charge >= 0.3 is 0 Å². The molecule has 6 heteroatoms. The highest BCUT2D eigenvalue weighted by Gasteiger charge is 2.15. The van der Waals surface area contributed by atoms with Crippen molar-refractivity contribution < 1.29 is 4.79 Å². The fourth-order valence-electron chi connectivity index (χ4n) is 2.67.